The van der Waals surface area contributed by atoms with E-state index >= 15 is 0 Å². The van der Waals surface area contributed by atoms with Crippen LogP contribution in [0.1, 0.15) is 24.0 Å². The Kier molecular flexibility index (Phi) is 4.03. The van der Waals surface area contributed by atoms with Gasteiger partial charge in [0.15, 0.2) is 23.0 Å². The van der Waals surface area contributed by atoms with E-state index in [0.717, 1.165) is 5.56 Å². The monoisotopic (exact) mass is 395 g/mol. The van der Waals surface area contributed by atoms with Crippen molar-refractivity contribution in [2.75, 3.05) is 20.7 Å². The zero-order chi connectivity index (χ0) is 19.6. The molecule has 4 rings (SSSR count). The number of nitrogens with zero attached hydrogens (tertiary/aromatic N) is 1. The molecule has 0 aromatic heterocycles. The van der Waals surface area contributed by atoms with E-state index in [-0.39, 0.29) is 41.4 Å². The van der Waals surface area contributed by atoms with Crippen LogP contribution in [0.15, 0.2) is 24.0 Å². The predicted octanol–water partition coefficient (Wildman–Crippen LogP) is 1.41. The molecule has 146 valence electrons. The SMILES string of the molecule is COc1ccc2c(c1OS(=O)(=O)O)[C@]13CCN(C)[C@@H](C2)[C@H]1C=C(O)C(=O)C3. The minimum atomic E-state index is -4.79. The number of likely N-dealkylation sites (tertiary alicyclic amines) is 1. The number of Topliss-reactive ketones (excluding diaryl/α,β-unsaturated/α-hetero) is 1. The van der Waals surface area contributed by atoms with Crippen molar-refractivity contribution in [2.24, 2.45) is 5.92 Å². The summed E-state index contributed by atoms with van der Waals surface area (Å²) in [6.45, 7) is 0.713. The van der Waals surface area contributed by atoms with Gasteiger partial charge in [0.25, 0.3) is 0 Å². The highest BCUT2D eigenvalue weighted by molar-refractivity contribution is 7.81. The van der Waals surface area contributed by atoms with Crippen LogP contribution in [0, 0.1) is 5.92 Å². The van der Waals surface area contributed by atoms with Crippen molar-refractivity contribution < 1.29 is 31.8 Å². The molecule has 0 unspecified atom stereocenters. The molecule has 1 fully saturated rings. The van der Waals surface area contributed by atoms with Crippen molar-refractivity contribution in [1.29, 1.82) is 0 Å². The van der Waals surface area contributed by atoms with Crippen LogP contribution >= 0.6 is 0 Å². The van der Waals surface area contributed by atoms with Gasteiger partial charge in [0.1, 0.15) is 0 Å². The predicted molar refractivity (Wildman–Crippen MR) is 95.4 cm³/mol. The lowest BCUT2D eigenvalue weighted by molar-refractivity contribution is -0.122. The summed E-state index contributed by atoms with van der Waals surface area (Å²) in [5.74, 6) is -0.726. The summed E-state index contributed by atoms with van der Waals surface area (Å²) < 4.78 is 42.5. The maximum Gasteiger partial charge on any atom is 0.446 e. The van der Waals surface area contributed by atoms with Crippen molar-refractivity contribution in [1.82, 2.24) is 4.90 Å². The summed E-state index contributed by atoms with van der Waals surface area (Å²) in [6.07, 6.45) is 2.82. The molecule has 2 bridgehead atoms. The van der Waals surface area contributed by atoms with E-state index in [9.17, 15) is 22.9 Å². The van der Waals surface area contributed by atoms with Crippen LogP contribution in [-0.4, -0.2) is 55.5 Å². The number of fused-ring (bicyclic) bond motifs is 1. The van der Waals surface area contributed by atoms with Crippen molar-refractivity contribution in [3.8, 4) is 11.5 Å². The number of methoxy groups -OCH3 is 1. The Morgan fingerprint density at radius 2 is 2.07 bits per heavy atom. The van der Waals surface area contributed by atoms with E-state index in [1.54, 1.807) is 12.1 Å². The van der Waals surface area contributed by atoms with Gasteiger partial charge in [0, 0.05) is 29.4 Å². The van der Waals surface area contributed by atoms with Gasteiger partial charge in [-0.25, -0.2) is 0 Å². The van der Waals surface area contributed by atoms with Gasteiger partial charge in [-0.3, -0.25) is 9.35 Å². The lowest BCUT2D eigenvalue weighted by Gasteiger charge is -2.56. The fourth-order valence-electron chi connectivity index (χ4n) is 5.02. The third kappa shape index (κ3) is 2.72. The summed E-state index contributed by atoms with van der Waals surface area (Å²) in [6, 6.07) is 3.51. The van der Waals surface area contributed by atoms with Crippen LogP contribution in [0.3, 0.4) is 0 Å². The van der Waals surface area contributed by atoms with Crippen molar-refractivity contribution in [3.63, 3.8) is 0 Å². The molecule has 9 heteroatoms. The van der Waals surface area contributed by atoms with Gasteiger partial charge in [-0.15, -0.1) is 0 Å². The fraction of sp³-hybridized carbons (Fsp3) is 0.500. The summed E-state index contributed by atoms with van der Waals surface area (Å²) in [4.78, 5) is 14.6. The Balaban J connectivity index is 2.01. The minimum Gasteiger partial charge on any atom is -0.505 e. The van der Waals surface area contributed by atoms with Crippen LogP contribution in [0.2, 0.25) is 0 Å². The van der Waals surface area contributed by atoms with E-state index in [2.05, 4.69) is 4.90 Å². The maximum absolute atomic E-state index is 12.4. The van der Waals surface area contributed by atoms with Gasteiger partial charge in [0.2, 0.25) is 0 Å². The number of carbonyl (C=O) groups is 1. The number of hydrogen-bond acceptors (Lipinski definition) is 7. The Morgan fingerprint density at radius 1 is 1.33 bits per heavy atom. The summed E-state index contributed by atoms with van der Waals surface area (Å²) in [5.41, 5.74) is 0.707. The van der Waals surface area contributed by atoms with E-state index in [1.165, 1.54) is 7.11 Å². The second kappa shape index (κ2) is 5.95. The van der Waals surface area contributed by atoms with Crippen LogP contribution in [0.5, 0.6) is 11.5 Å². The zero-order valence-corrected chi connectivity index (χ0v) is 15.8. The molecule has 0 spiro atoms. The first kappa shape index (κ1) is 18.3. The number of benzene rings is 1. The molecule has 0 amide bonds. The molecule has 3 aliphatic rings. The zero-order valence-electron chi connectivity index (χ0n) is 15.0. The van der Waals surface area contributed by atoms with Gasteiger partial charge < -0.3 is 18.9 Å². The van der Waals surface area contributed by atoms with E-state index in [0.29, 0.717) is 24.9 Å². The molecule has 1 aromatic carbocycles. The van der Waals surface area contributed by atoms with Crippen LogP contribution < -0.4 is 8.92 Å². The lowest BCUT2D eigenvalue weighted by Crippen LogP contribution is -2.60. The molecule has 2 aliphatic carbocycles. The van der Waals surface area contributed by atoms with Gasteiger partial charge >= 0.3 is 10.4 Å². The topological polar surface area (TPSA) is 113 Å². The van der Waals surface area contributed by atoms with E-state index in [4.69, 9.17) is 8.92 Å². The standard InChI is InChI=1S/C18H21NO7S/c1-19-6-5-18-9-14(21)13(20)8-11(18)12(19)7-10-3-4-15(25-2)17(16(10)18)26-27(22,23)24/h3-4,8,11-12,20H,5-7,9H2,1-2H3,(H,22,23,24)/t11-,12+,18+/m1/s1. The molecule has 1 aromatic rings. The first-order valence-electron chi connectivity index (χ1n) is 8.68. The second-order valence-corrected chi connectivity index (χ2v) is 8.50. The number of piperidine rings is 1. The molecule has 2 N–H and O–H groups in total. The summed E-state index contributed by atoms with van der Waals surface area (Å²) in [7, 11) is -1.41. The first-order valence-corrected chi connectivity index (χ1v) is 10.0. The molecule has 1 heterocycles. The number of ether oxygens (including phenoxy) is 1. The van der Waals surface area contributed by atoms with Crippen molar-refractivity contribution in [3.05, 3.63) is 35.1 Å². The number of allylic oxidation sites excluding steroid dienone is 1. The minimum absolute atomic E-state index is 0.0480. The fourth-order valence-corrected chi connectivity index (χ4v) is 5.40. The smallest absolute Gasteiger partial charge is 0.446 e. The second-order valence-electron chi connectivity index (χ2n) is 7.48. The largest absolute Gasteiger partial charge is 0.505 e. The average Bonchev–Trinajstić information content (AvgIpc) is 2.58. The molecule has 8 nitrogen and oxygen atoms in total. The lowest BCUT2D eigenvalue weighted by atomic mass is 9.53. The van der Waals surface area contributed by atoms with Gasteiger partial charge in [-0.2, -0.15) is 8.42 Å². The highest BCUT2D eigenvalue weighted by Crippen LogP contribution is 2.57. The molecule has 0 saturated carbocycles. The van der Waals surface area contributed by atoms with Gasteiger partial charge in [-0.05, 0) is 44.1 Å². The van der Waals surface area contributed by atoms with Gasteiger partial charge in [-0.1, -0.05) is 6.07 Å². The van der Waals surface area contributed by atoms with E-state index in [1.807, 2.05) is 13.1 Å². The van der Waals surface area contributed by atoms with Crippen LogP contribution in [0.25, 0.3) is 0 Å². The third-order valence-electron chi connectivity index (χ3n) is 6.17. The maximum atomic E-state index is 12.4. The Labute approximate surface area is 157 Å². The molecular weight excluding hydrogens is 374 g/mol. The quantitative estimate of drug-likeness (QED) is 0.739. The molecule has 27 heavy (non-hydrogen) atoms. The number of carbonyl (C=O) groups excluding carboxylic acids is 1. The summed E-state index contributed by atoms with van der Waals surface area (Å²) in [5, 5.41) is 10.1. The molecule has 3 atom stereocenters. The first-order chi connectivity index (χ1) is 12.7. The Hall–Kier alpha value is -2.10. The molecular formula is C18H21NO7S. The highest BCUT2D eigenvalue weighted by atomic mass is 32.3. The number of aliphatic hydroxyl groups excluding tert-OH is 1. The van der Waals surface area contributed by atoms with Gasteiger partial charge in [0.05, 0.1) is 7.11 Å². The summed E-state index contributed by atoms with van der Waals surface area (Å²) >= 11 is 0. The number of likely N-dealkylation sites (N-methyl/N-ethyl adjacent to an activating group) is 1. The average molecular weight is 395 g/mol. The molecule has 1 aliphatic heterocycles. The third-order valence-corrected chi connectivity index (χ3v) is 6.55. The van der Waals surface area contributed by atoms with Crippen molar-refractivity contribution in [2.45, 2.75) is 30.7 Å². The molecule has 1 saturated heterocycles. The number of hydrogen-bond donors (Lipinski definition) is 2. The Bertz CT molecular complexity index is 955. The van der Waals surface area contributed by atoms with E-state index < -0.39 is 15.8 Å². The number of rotatable bonds is 3. The Morgan fingerprint density at radius 3 is 2.74 bits per heavy atom. The normalized spacial score (nSPS) is 30.2. The molecule has 0 radical (unpaired) electrons. The van der Waals surface area contributed by atoms with Crippen molar-refractivity contribution >= 4 is 16.2 Å². The highest BCUT2D eigenvalue weighted by Gasteiger charge is 2.56. The van der Waals surface area contributed by atoms with Crippen LogP contribution in [0.4, 0.5) is 0 Å². The number of aliphatic hydroxyl groups is 1. The number of ketones is 1. The van der Waals surface area contributed by atoms with Crippen LogP contribution in [-0.2, 0) is 27.0 Å².